The Labute approximate surface area is 139 Å². The number of pyridine rings is 1. The van der Waals surface area contributed by atoms with Crippen LogP contribution in [0.3, 0.4) is 0 Å². The van der Waals surface area contributed by atoms with Crippen molar-refractivity contribution in [2.24, 2.45) is 0 Å². The highest BCUT2D eigenvalue weighted by Gasteiger charge is 2.12. The van der Waals surface area contributed by atoms with E-state index in [0.29, 0.717) is 18.4 Å². The second-order valence-electron chi connectivity index (χ2n) is 5.52. The van der Waals surface area contributed by atoms with E-state index in [4.69, 9.17) is 9.15 Å². The van der Waals surface area contributed by atoms with Crippen molar-refractivity contribution in [1.82, 2.24) is 9.97 Å². The second-order valence-corrected chi connectivity index (χ2v) is 5.52. The molecule has 0 saturated carbocycles. The molecule has 4 heteroatoms. The Morgan fingerprint density at radius 1 is 0.875 bits per heavy atom. The zero-order valence-electron chi connectivity index (χ0n) is 13.3. The molecular weight excluding hydrogens is 300 g/mol. The zero-order valence-corrected chi connectivity index (χ0v) is 13.3. The summed E-state index contributed by atoms with van der Waals surface area (Å²) in [7, 11) is 0. The summed E-state index contributed by atoms with van der Waals surface area (Å²) in [6.07, 6.45) is 0. The molecule has 4 rings (SSSR count). The standard InChI is InChI=1S/C20H16N2O2/c1-14-18(22-20(24-14)16-8-3-2-4-9-16)13-23-19-12-11-15-7-5-6-10-17(15)21-19/h2-12H,13H2,1H3. The normalized spacial score (nSPS) is 10.9. The maximum Gasteiger partial charge on any atom is 0.226 e. The molecule has 0 N–H and O–H groups in total. The molecule has 0 aliphatic carbocycles. The van der Waals surface area contributed by atoms with Gasteiger partial charge in [0.05, 0.1) is 5.52 Å². The quantitative estimate of drug-likeness (QED) is 0.544. The molecule has 0 aliphatic heterocycles. The average molecular weight is 316 g/mol. The van der Waals surface area contributed by atoms with Crippen LogP contribution >= 0.6 is 0 Å². The summed E-state index contributed by atoms with van der Waals surface area (Å²) in [5, 5.41) is 1.09. The number of oxazole rings is 1. The Hall–Kier alpha value is -3.14. The SMILES string of the molecule is Cc1oc(-c2ccccc2)nc1COc1ccc2ccccc2n1. The molecule has 2 heterocycles. The molecule has 0 fully saturated rings. The molecule has 0 unspecified atom stereocenters. The monoisotopic (exact) mass is 316 g/mol. The summed E-state index contributed by atoms with van der Waals surface area (Å²) in [5.41, 5.74) is 2.65. The minimum atomic E-state index is 0.327. The Balaban J connectivity index is 1.54. The second kappa shape index (κ2) is 6.16. The van der Waals surface area contributed by atoms with Crippen LogP contribution < -0.4 is 4.74 Å². The minimum Gasteiger partial charge on any atom is -0.471 e. The molecule has 2 aromatic heterocycles. The lowest BCUT2D eigenvalue weighted by molar-refractivity contribution is 0.288. The van der Waals surface area contributed by atoms with E-state index >= 15 is 0 Å². The van der Waals surface area contributed by atoms with Crippen molar-refractivity contribution in [2.75, 3.05) is 0 Å². The van der Waals surface area contributed by atoms with Crippen molar-refractivity contribution in [1.29, 1.82) is 0 Å². The number of ether oxygens (including phenoxy) is 1. The molecule has 0 atom stereocenters. The van der Waals surface area contributed by atoms with Crippen LogP contribution in [0.25, 0.3) is 22.4 Å². The van der Waals surface area contributed by atoms with Crippen LogP contribution in [0.2, 0.25) is 0 Å². The third-order valence-electron chi connectivity index (χ3n) is 3.84. The van der Waals surface area contributed by atoms with Crippen LogP contribution in [0.4, 0.5) is 0 Å². The third kappa shape index (κ3) is 2.86. The number of rotatable bonds is 4. The van der Waals surface area contributed by atoms with E-state index in [2.05, 4.69) is 9.97 Å². The van der Waals surface area contributed by atoms with Gasteiger partial charge in [-0.25, -0.2) is 9.97 Å². The molecule has 4 aromatic rings. The van der Waals surface area contributed by atoms with Crippen LogP contribution in [-0.2, 0) is 6.61 Å². The molecule has 0 radical (unpaired) electrons. The molecule has 0 spiro atoms. The van der Waals surface area contributed by atoms with E-state index in [-0.39, 0.29) is 0 Å². The van der Waals surface area contributed by atoms with Crippen molar-refractivity contribution in [3.8, 4) is 17.3 Å². The van der Waals surface area contributed by atoms with Crippen molar-refractivity contribution in [3.63, 3.8) is 0 Å². The summed E-state index contributed by atoms with van der Waals surface area (Å²) in [4.78, 5) is 9.04. The van der Waals surface area contributed by atoms with Crippen LogP contribution in [0.5, 0.6) is 5.88 Å². The van der Waals surface area contributed by atoms with Crippen molar-refractivity contribution in [2.45, 2.75) is 13.5 Å². The van der Waals surface area contributed by atoms with Gasteiger partial charge >= 0.3 is 0 Å². The van der Waals surface area contributed by atoms with Gasteiger partial charge in [0.2, 0.25) is 11.8 Å². The number of fused-ring (bicyclic) bond motifs is 1. The number of aromatic nitrogens is 2. The van der Waals surface area contributed by atoms with E-state index in [1.54, 1.807) is 0 Å². The Morgan fingerprint density at radius 2 is 1.67 bits per heavy atom. The first-order chi connectivity index (χ1) is 11.8. The number of hydrogen-bond donors (Lipinski definition) is 0. The highest BCUT2D eigenvalue weighted by Crippen LogP contribution is 2.23. The maximum absolute atomic E-state index is 5.80. The summed E-state index contributed by atoms with van der Waals surface area (Å²) in [6, 6.07) is 21.7. The summed E-state index contributed by atoms with van der Waals surface area (Å²) in [5.74, 6) is 1.95. The fourth-order valence-electron chi connectivity index (χ4n) is 2.54. The molecule has 0 aliphatic rings. The van der Waals surface area contributed by atoms with Gasteiger partial charge in [0.1, 0.15) is 18.1 Å². The molecule has 118 valence electrons. The fraction of sp³-hybridized carbons (Fsp3) is 0.100. The highest BCUT2D eigenvalue weighted by molar-refractivity contribution is 5.78. The van der Waals surface area contributed by atoms with Gasteiger partial charge in [0, 0.05) is 17.0 Å². The van der Waals surface area contributed by atoms with Gasteiger partial charge in [0.15, 0.2) is 0 Å². The van der Waals surface area contributed by atoms with Crippen molar-refractivity contribution in [3.05, 3.63) is 78.2 Å². The number of nitrogens with zero attached hydrogens (tertiary/aromatic N) is 2. The van der Waals surface area contributed by atoms with E-state index in [0.717, 1.165) is 27.9 Å². The van der Waals surface area contributed by atoms with Gasteiger partial charge in [-0.2, -0.15) is 0 Å². The van der Waals surface area contributed by atoms with Crippen LogP contribution in [0.15, 0.2) is 71.1 Å². The lowest BCUT2D eigenvalue weighted by Crippen LogP contribution is -1.99. The Morgan fingerprint density at radius 3 is 2.54 bits per heavy atom. The molecule has 0 saturated heterocycles. The van der Waals surface area contributed by atoms with Gasteiger partial charge in [0.25, 0.3) is 0 Å². The van der Waals surface area contributed by atoms with Gasteiger partial charge in [-0.1, -0.05) is 36.4 Å². The van der Waals surface area contributed by atoms with Gasteiger partial charge < -0.3 is 9.15 Å². The summed E-state index contributed by atoms with van der Waals surface area (Å²) in [6.45, 7) is 2.22. The fourth-order valence-corrected chi connectivity index (χ4v) is 2.54. The molecule has 2 aromatic carbocycles. The smallest absolute Gasteiger partial charge is 0.226 e. The highest BCUT2D eigenvalue weighted by atomic mass is 16.5. The maximum atomic E-state index is 5.80. The predicted molar refractivity (Wildman–Crippen MR) is 92.8 cm³/mol. The number of para-hydroxylation sites is 1. The first kappa shape index (κ1) is 14.5. The lowest BCUT2D eigenvalue weighted by atomic mass is 10.2. The first-order valence-corrected chi connectivity index (χ1v) is 7.80. The van der Waals surface area contributed by atoms with E-state index < -0.39 is 0 Å². The minimum absolute atomic E-state index is 0.327. The molecule has 0 amide bonds. The molecule has 4 nitrogen and oxygen atoms in total. The van der Waals surface area contributed by atoms with E-state index in [1.807, 2.05) is 73.7 Å². The van der Waals surface area contributed by atoms with Crippen LogP contribution in [-0.4, -0.2) is 9.97 Å². The summed E-state index contributed by atoms with van der Waals surface area (Å²) >= 11 is 0. The van der Waals surface area contributed by atoms with Crippen LogP contribution in [0.1, 0.15) is 11.5 Å². The van der Waals surface area contributed by atoms with Gasteiger partial charge in [-0.3, -0.25) is 0 Å². The third-order valence-corrected chi connectivity index (χ3v) is 3.84. The average Bonchev–Trinajstić information content (AvgIpc) is 3.01. The zero-order chi connectivity index (χ0) is 16.4. The predicted octanol–water partition coefficient (Wildman–Crippen LogP) is 4.78. The van der Waals surface area contributed by atoms with Crippen molar-refractivity contribution >= 4 is 10.9 Å². The number of benzene rings is 2. The Bertz CT molecular complexity index is 977. The largest absolute Gasteiger partial charge is 0.471 e. The lowest BCUT2D eigenvalue weighted by Gasteiger charge is -2.04. The Kier molecular flexibility index (Phi) is 3.71. The first-order valence-electron chi connectivity index (χ1n) is 7.80. The van der Waals surface area contributed by atoms with Gasteiger partial charge in [-0.15, -0.1) is 0 Å². The number of hydrogen-bond acceptors (Lipinski definition) is 4. The van der Waals surface area contributed by atoms with E-state index in [9.17, 15) is 0 Å². The van der Waals surface area contributed by atoms with Gasteiger partial charge in [-0.05, 0) is 31.2 Å². The topological polar surface area (TPSA) is 48.2 Å². The van der Waals surface area contributed by atoms with Crippen molar-refractivity contribution < 1.29 is 9.15 Å². The van der Waals surface area contributed by atoms with Crippen LogP contribution in [0, 0.1) is 6.92 Å². The molecule has 0 bridgehead atoms. The molecule has 24 heavy (non-hydrogen) atoms. The molecular formula is C20H16N2O2. The van der Waals surface area contributed by atoms with E-state index in [1.165, 1.54) is 0 Å². The number of aryl methyl sites for hydroxylation is 1. The summed E-state index contributed by atoms with van der Waals surface area (Å²) < 4.78 is 11.5.